The molecule has 2 heterocycles. The molecule has 0 unspecified atom stereocenters. The maximum absolute atomic E-state index is 13.5. The number of halogens is 1. The van der Waals surface area contributed by atoms with E-state index in [1.54, 1.807) is 29.1 Å². The number of pyridine rings is 1. The summed E-state index contributed by atoms with van der Waals surface area (Å²) in [6.45, 7) is 1.44. The van der Waals surface area contributed by atoms with Gasteiger partial charge in [0.1, 0.15) is 17.4 Å². The molecule has 4 aromatic rings. The molecule has 7 nitrogen and oxygen atoms in total. The van der Waals surface area contributed by atoms with Gasteiger partial charge >= 0.3 is 0 Å². The number of aromatic nitrogens is 3. The van der Waals surface area contributed by atoms with Crippen molar-refractivity contribution < 1.29 is 14.3 Å². The van der Waals surface area contributed by atoms with E-state index in [0.717, 1.165) is 10.3 Å². The molecule has 0 saturated heterocycles. The molecular weight excluding hydrogens is 435 g/mol. The second-order valence-corrected chi connectivity index (χ2v) is 7.59. The summed E-state index contributed by atoms with van der Waals surface area (Å²) in [6, 6.07) is 17.0. The number of nitriles is 1. The number of carbonyl (C=O) groups excluding carboxylic acids is 1. The highest BCUT2D eigenvalue weighted by Gasteiger charge is 2.21. The van der Waals surface area contributed by atoms with Crippen LogP contribution in [0, 0.1) is 24.1 Å². The van der Waals surface area contributed by atoms with Gasteiger partial charge < -0.3 is 5.11 Å². The SMILES string of the molecule is Cc1c(C(=O)/C=C/c2cn(-c3ccccc3)nc2-c2ccc(F)cc2)c(O)n(C)c(=O)c1C#N. The van der Waals surface area contributed by atoms with Crippen molar-refractivity contribution in [1.82, 2.24) is 14.3 Å². The van der Waals surface area contributed by atoms with Gasteiger partial charge in [0.2, 0.25) is 5.88 Å². The van der Waals surface area contributed by atoms with Gasteiger partial charge in [0, 0.05) is 24.4 Å². The van der Waals surface area contributed by atoms with E-state index in [1.807, 2.05) is 30.3 Å². The summed E-state index contributed by atoms with van der Waals surface area (Å²) in [5, 5.41) is 24.3. The van der Waals surface area contributed by atoms with Gasteiger partial charge in [-0.05, 0) is 61.0 Å². The third kappa shape index (κ3) is 4.02. The predicted octanol–water partition coefficient (Wildman–Crippen LogP) is 4.16. The Bertz CT molecular complexity index is 1530. The van der Waals surface area contributed by atoms with E-state index in [1.165, 1.54) is 38.3 Å². The number of rotatable bonds is 5. The first-order valence-corrected chi connectivity index (χ1v) is 10.3. The van der Waals surface area contributed by atoms with E-state index in [-0.39, 0.29) is 22.5 Å². The molecule has 0 atom stereocenters. The van der Waals surface area contributed by atoms with Gasteiger partial charge in [-0.3, -0.25) is 14.2 Å². The summed E-state index contributed by atoms with van der Waals surface area (Å²) in [6.07, 6.45) is 4.50. The first-order valence-electron chi connectivity index (χ1n) is 10.3. The number of aromatic hydroxyl groups is 1. The van der Waals surface area contributed by atoms with E-state index in [9.17, 15) is 24.3 Å². The minimum atomic E-state index is -0.680. The van der Waals surface area contributed by atoms with Gasteiger partial charge in [0.25, 0.3) is 5.56 Å². The molecule has 0 aliphatic heterocycles. The molecule has 0 spiro atoms. The van der Waals surface area contributed by atoms with Gasteiger partial charge in [0.05, 0.1) is 16.9 Å². The number of para-hydroxylation sites is 1. The van der Waals surface area contributed by atoms with Crippen LogP contribution in [0.5, 0.6) is 5.88 Å². The summed E-state index contributed by atoms with van der Waals surface area (Å²) in [5.74, 6) is -1.48. The van der Waals surface area contributed by atoms with Gasteiger partial charge in [-0.25, -0.2) is 9.07 Å². The molecule has 168 valence electrons. The van der Waals surface area contributed by atoms with E-state index in [0.29, 0.717) is 16.8 Å². The zero-order chi connectivity index (χ0) is 24.4. The Morgan fingerprint density at radius 1 is 1.15 bits per heavy atom. The molecule has 0 radical (unpaired) electrons. The van der Waals surface area contributed by atoms with Gasteiger partial charge in [0.15, 0.2) is 5.78 Å². The minimum absolute atomic E-state index is 0.108. The molecule has 4 rings (SSSR count). The highest BCUT2D eigenvalue weighted by Crippen LogP contribution is 2.27. The monoisotopic (exact) mass is 454 g/mol. The van der Waals surface area contributed by atoms with Gasteiger partial charge in [-0.2, -0.15) is 10.4 Å². The molecule has 0 aliphatic carbocycles. The average molecular weight is 454 g/mol. The second-order valence-electron chi connectivity index (χ2n) is 7.59. The van der Waals surface area contributed by atoms with Crippen molar-refractivity contribution in [3.63, 3.8) is 0 Å². The van der Waals surface area contributed by atoms with Crippen LogP contribution in [0.2, 0.25) is 0 Å². The molecule has 0 aliphatic rings. The number of ketones is 1. The second kappa shape index (κ2) is 9.00. The Kier molecular flexibility index (Phi) is 5.94. The van der Waals surface area contributed by atoms with Crippen molar-refractivity contribution in [1.29, 1.82) is 5.26 Å². The zero-order valence-electron chi connectivity index (χ0n) is 18.4. The van der Waals surface area contributed by atoms with Crippen LogP contribution in [-0.2, 0) is 7.05 Å². The molecular formula is C26H19FN4O3. The Labute approximate surface area is 194 Å². The molecule has 0 bridgehead atoms. The van der Waals surface area contributed by atoms with Crippen molar-refractivity contribution in [2.75, 3.05) is 0 Å². The van der Waals surface area contributed by atoms with Crippen LogP contribution >= 0.6 is 0 Å². The summed E-state index contributed by atoms with van der Waals surface area (Å²) in [5.41, 5.74) is 1.63. The first-order chi connectivity index (χ1) is 16.3. The molecule has 34 heavy (non-hydrogen) atoms. The van der Waals surface area contributed by atoms with Crippen molar-refractivity contribution in [2.45, 2.75) is 6.92 Å². The molecule has 0 saturated carbocycles. The maximum atomic E-state index is 13.5. The van der Waals surface area contributed by atoms with Crippen molar-refractivity contribution in [3.8, 4) is 28.9 Å². The van der Waals surface area contributed by atoms with Crippen LogP contribution in [0.3, 0.4) is 0 Å². The lowest BCUT2D eigenvalue weighted by atomic mass is 10.0. The largest absolute Gasteiger partial charge is 0.494 e. The lowest BCUT2D eigenvalue weighted by Crippen LogP contribution is -2.23. The third-order valence-electron chi connectivity index (χ3n) is 5.46. The number of hydrogen-bond acceptors (Lipinski definition) is 5. The molecule has 0 fully saturated rings. The standard InChI is InChI=1S/C26H19FN4O3/c1-16-21(14-28)25(33)30(2)26(34)23(16)22(32)13-10-18-15-31(20-6-4-3-5-7-20)29-24(18)17-8-11-19(27)12-9-17/h3-13,15,34H,1-2H3/b13-10+. The summed E-state index contributed by atoms with van der Waals surface area (Å²) < 4.78 is 16.0. The van der Waals surface area contributed by atoms with Crippen LogP contribution < -0.4 is 5.56 Å². The molecule has 2 aromatic heterocycles. The number of allylic oxidation sites excluding steroid dienone is 1. The Balaban J connectivity index is 1.80. The van der Waals surface area contributed by atoms with Crippen molar-refractivity contribution in [3.05, 3.63) is 105 Å². The normalized spacial score (nSPS) is 11.0. The number of nitrogens with zero attached hydrogens (tertiary/aromatic N) is 4. The topological polar surface area (TPSA) is 101 Å². The van der Waals surface area contributed by atoms with Gasteiger partial charge in [-0.1, -0.05) is 18.2 Å². The summed E-state index contributed by atoms with van der Waals surface area (Å²) in [4.78, 5) is 25.2. The number of carbonyl (C=O) groups is 1. The van der Waals surface area contributed by atoms with E-state index in [2.05, 4.69) is 5.10 Å². The van der Waals surface area contributed by atoms with Crippen LogP contribution in [0.1, 0.15) is 27.0 Å². The summed E-state index contributed by atoms with van der Waals surface area (Å²) >= 11 is 0. The lowest BCUT2D eigenvalue weighted by Gasteiger charge is -2.10. The van der Waals surface area contributed by atoms with E-state index < -0.39 is 17.2 Å². The Morgan fingerprint density at radius 2 is 1.82 bits per heavy atom. The Morgan fingerprint density at radius 3 is 2.47 bits per heavy atom. The molecule has 8 heteroatoms. The number of hydrogen-bond donors (Lipinski definition) is 1. The fourth-order valence-electron chi connectivity index (χ4n) is 3.61. The van der Waals surface area contributed by atoms with Crippen molar-refractivity contribution in [2.24, 2.45) is 7.05 Å². The number of benzene rings is 2. The van der Waals surface area contributed by atoms with E-state index in [4.69, 9.17) is 0 Å². The first kappa shape index (κ1) is 22.4. The van der Waals surface area contributed by atoms with E-state index >= 15 is 0 Å². The molecule has 1 N–H and O–H groups in total. The quantitative estimate of drug-likeness (QED) is 0.361. The van der Waals surface area contributed by atoms with Crippen LogP contribution in [0.4, 0.5) is 4.39 Å². The minimum Gasteiger partial charge on any atom is -0.494 e. The third-order valence-corrected chi connectivity index (χ3v) is 5.46. The summed E-state index contributed by atoms with van der Waals surface area (Å²) in [7, 11) is 1.29. The van der Waals surface area contributed by atoms with Crippen molar-refractivity contribution >= 4 is 11.9 Å². The average Bonchev–Trinajstić information content (AvgIpc) is 3.27. The predicted molar refractivity (Wildman–Crippen MR) is 125 cm³/mol. The van der Waals surface area contributed by atoms with Crippen LogP contribution in [0.25, 0.3) is 23.0 Å². The zero-order valence-corrected chi connectivity index (χ0v) is 18.4. The molecule has 2 aromatic carbocycles. The molecule has 0 amide bonds. The lowest BCUT2D eigenvalue weighted by molar-refractivity contribution is 0.104. The Hall–Kier alpha value is -4.77. The van der Waals surface area contributed by atoms with Crippen LogP contribution in [0.15, 0.2) is 71.7 Å². The maximum Gasteiger partial charge on any atom is 0.271 e. The smallest absolute Gasteiger partial charge is 0.271 e. The highest BCUT2D eigenvalue weighted by molar-refractivity contribution is 6.09. The van der Waals surface area contributed by atoms with Crippen LogP contribution in [-0.4, -0.2) is 25.2 Å². The van der Waals surface area contributed by atoms with Gasteiger partial charge in [-0.15, -0.1) is 0 Å². The highest BCUT2D eigenvalue weighted by atomic mass is 19.1. The fourth-order valence-corrected chi connectivity index (χ4v) is 3.61. The fraction of sp³-hybridized carbons (Fsp3) is 0.0769.